The molecule has 1 amide bonds. The third-order valence-electron chi connectivity index (χ3n) is 4.38. The topological polar surface area (TPSA) is 69.7 Å². The van der Waals surface area contributed by atoms with E-state index in [1.807, 2.05) is 47.8 Å². The van der Waals surface area contributed by atoms with Gasteiger partial charge in [-0.1, -0.05) is 24.3 Å². The van der Waals surface area contributed by atoms with Crippen molar-refractivity contribution in [1.82, 2.24) is 4.98 Å². The van der Waals surface area contributed by atoms with Crippen LogP contribution in [0, 0.1) is 0 Å². The van der Waals surface area contributed by atoms with Crippen molar-refractivity contribution < 1.29 is 19.0 Å². The van der Waals surface area contributed by atoms with E-state index in [0.29, 0.717) is 16.6 Å². The number of carbonyl (C=O) groups excluding carboxylic acids is 1. The lowest BCUT2D eigenvalue weighted by Gasteiger charge is -2.20. The predicted octanol–water partition coefficient (Wildman–Crippen LogP) is 4.04. The summed E-state index contributed by atoms with van der Waals surface area (Å²) in [5, 5.41) is 5.27. The van der Waals surface area contributed by atoms with Gasteiger partial charge in [0.15, 0.2) is 16.6 Å². The zero-order valence-electron chi connectivity index (χ0n) is 14.7. The number of rotatable bonds is 6. The first kappa shape index (κ1) is 17.4. The fraction of sp³-hybridized carbons (Fsp3) is 0.200. The Labute approximate surface area is 160 Å². The van der Waals surface area contributed by atoms with Crippen LogP contribution < -0.4 is 19.5 Å². The van der Waals surface area contributed by atoms with Crippen molar-refractivity contribution in [3.8, 4) is 17.2 Å². The maximum Gasteiger partial charge on any atom is 0.231 e. The van der Waals surface area contributed by atoms with Gasteiger partial charge in [-0.25, -0.2) is 4.98 Å². The summed E-state index contributed by atoms with van der Waals surface area (Å²) in [5.74, 6) is 1.83. The predicted molar refractivity (Wildman–Crippen MR) is 103 cm³/mol. The minimum absolute atomic E-state index is 0.112. The number of nitrogens with zero attached hydrogens (tertiary/aromatic N) is 1. The molecule has 4 rings (SSSR count). The average Bonchev–Trinajstić information content (AvgIpc) is 3.37. The molecular formula is C20H18N2O4S. The Morgan fingerprint density at radius 3 is 2.93 bits per heavy atom. The van der Waals surface area contributed by atoms with Crippen molar-refractivity contribution in [1.29, 1.82) is 0 Å². The maximum absolute atomic E-state index is 12.7. The number of hydrogen-bond donors (Lipinski definition) is 1. The summed E-state index contributed by atoms with van der Waals surface area (Å²) < 4.78 is 16.4. The summed E-state index contributed by atoms with van der Waals surface area (Å²) in [6, 6.07) is 13.5. The minimum atomic E-state index is -0.199. The lowest BCUT2D eigenvalue weighted by Crippen LogP contribution is -2.17. The van der Waals surface area contributed by atoms with Gasteiger partial charge in [0.2, 0.25) is 12.7 Å². The molecule has 0 spiro atoms. The van der Waals surface area contributed by atoms with Crippen molar-refractivity contribution in [2.45, 2.75) is 12.3 Å². The highest BCUT2D eigenvalue weighted by molar-refractivity contribution is 7.13. The van der Waals surface area contributed by atoms with Crippen molar-refractivity contribution in [2.24, 2.45) is 0 Å². The summed E-state index contributed by atoms with van der Waals surface area (Å²) in [6.45, 7) is 0.211. The number of methoxy groups -OCH3 is 1. The molecule has 0 saturated heterocycles. The van der Waals surface area contributed by atoms with Gasteiger partial charge in [0.05, 0.1) is 7.11 Å². The number of anilines is 1. The molecule has 7 heteroatoms. The summed E-state index contributed by atoms with van der Waals surface area (Å²) in [6.07, 6.45) is 1.91. The molecule has 6 nitrogen and oxygen atoms in total. The van der Waals surface area contributed by atoms with Crippen molar-refractivity contribution >= 4 is 22.4 Å². The van der Waals surface area contributed by atoms with Crippen LogP contribution in [0.1, 0.15) is 23.5 Å². The van der Waals surface area contributed by atoms with Crippen LogP contribution in [0.2, 0.25) is 0 Å². The average molecular weight is 382 g/mol. The zero-order valence-corrected chi connectivity index (χ0v) is 15.5. The number of para-hydroxylation sites is 1. The molecule has 27 heavy (non-hydrogen) atoms. The Bertz CT molecular complexity index is 943. The first-order chi connectivity index (χ1) is 13.2. The second-order valence-electron chi connectivity index (χ2n) is 6.00. The van der Waals surface area contributed by atoms with E-state index in [4.69, 9.17) is 14.2 Å². The number of ether oxygens (including phenoxy) is 3. The third-order valence-corrected chi connectivity index (χ3v) is 5.07. The van der Waals surface area contributed by atoms with E-state index in [1.54, 1.807) is 13.3 Å². The van der Waals surface area contributed by atoms with Crippen LogP contribution in [0.4, 0.5) is 5.13 Å². The minimum Gasteiger partial charge on any atom is -0.496 e. The van der Waals surface area contributed by atoms with Gasteiger partial charge in [0, 0.05) is 29.5 Å². The Morgan fingerprint density at radius 1 is 1.26 bits per heavy atom. The molecule has 0 aliphatic carbocycles. The van der Waals surface area contributed by atoms with Gasteiger partial charge >= 0.3 is 0 Å². The number of hydrogen-bond acceptors (Lipinski definition) is 6. The van der Waals surface area contributed by atoms with Crippen molar-refractivity contribution in [3.63, 3.8) is 0 Å². The highest BCUT2D eigenvalue weighted by atomic mass is 32.1. The lowest BCUT2D eigenvalue weighted by atomic mass is 9.87. The molecule has 0 fully saturated rings. The summed E-state index contributed by atoms with van der Waals surface area (Å²) in [7, 11) is 1.63. The van der Waals surface area contributed by atoms with Gasteiger partial charge in [-0.15, -0.1) is 11.3 Å². The highest BCUT2D eigenvalue weighted by Crippen LogP contribution is 2.40. The fourth-order valence-corrected chi connectivity index (χ4v) is 3.68. The van der Waals surface area contributed by atoms with Crippen LogP contribution in [0.15, 0.2) is 54.0 Å². The second kappa shape index (κ2) is 7.67. The molecule has 1 atom stereocenters. The smallest absolute Gasteiger partial charge is 0.231 e. The molecule has 1 aliphatic rings. The summed E-state index contributed by atoms with van der Waals surface area (Å²) in [4.78, 5) is 16.8. The largest absolute Gasteiger partial charge is 0.496 e. The molecule has 3 aromatic rings. The molecule has 1 aliphatic heterocycles. The fourth-order valence-electron chi connectivity index (χ4n) is 3.13. The van der Waals surface area contributed by atoms with Gasteiger partial charge in [0.25, 0.3) is 0 Å². The van der Waals surface area contributed by atoms with E-state index in [-0.39, 0.29) is 25.0 Å². The number of thiazole rings is 1. The molecule has 1 N–H and O–H groups in total. The molecule has 1 aromatic heterocycles. The number of amides is 1. The molecule has 2 aromatic carbocycles. The van der Waals surface area contributed by atoms with Crippen molar-refractivity contribution in [2.75, 3.05) is 19.2 Å². The lowest BCUT2D eigenvalue weighted by molar-refractivity contribution is -0.116. The number of carbonyl (C=O) groups is 1. The Balaban J connectivity index is 1.67. The maximum atomic E-state index is 12.7. The summed E-state index contributed by atoms with van der Waals surface area (Å²) in [5.41, 5.74) is 1.89. The number of fused-ring (bicyclic) bond motifs is 1. The quantitative estimate of drug-likeness (QED) is 0.697. The first-order valence-electron chi connectivity index (χ1n) is 8.46. The van der Waals surface area contributed by atoms with Crippen LogP contribution >= 0.6 is 11.3 Å². The number of aromatic nitrogens is 1. The van der Waals surface area contributed by atoms with Crippen LogP contribution in [0.5, 0.6) is 17.2 Å². The van der Waals surface area contributed by atoms with E-state index >= 15 is 0 Å². The van der Waals surface area contributed by atoms with E-state index in [2.05, 4.69) is 10.3 Å². The van der Waals surface area contributed by atoms with E-state index in [9.17, 15) is 4.79 Å². The third kappa shape index (κ3) is 3.73. The second-order valence-corrected chi connectivity index (χ2v) is 6.89. The van der Waals surface area contributed by atoms with Gasteiger partial charge in [-0.3, -0.25) is 4.79 Å². The molecule has 0 bridgehead atoms. The van der Waals surface area contributed by atoms with Gasteiger partial charge in [-0.05, 0) is 23.8 Å². The van der Waals surface area contributed by atoms with Gasteiger partial charge in [-0.2, -0.15) is 0 Å². The highest BCUT2D eigenvalue weighted by Gasteiger charge is 2.24. The van der Waals surface area contributed by atoms with Crippen LogP contribution in [0.3, 0.4) is 0 Å². The SMILES string of the molecule is COc1ccccc1[C@H](CC(=O)Nc1nccs1)c1ccc2c(c1)OCO2. The molecule has 0 saturated carbocycles. The number of nitrogens with one attached hydrogen (secondary N) is 1. The van der Waals surface area contributed by atoms with Crippen LogP contribution in [-0.4, -0.2) is 24.8 Å². The van der Waals surface area contributed by atoms with Crippen molar-refractivity contribution in [3.05, 3.63) is 65.2 Å². The molecule has 0 radical (unpaired) electrons. The van der Waals surface area contributed by atoms with E-state index in [0.717, 1.165) is 16.9 Å². The van der Waals surface area contributed by atoms with Gasteiger partial charge in [0.1, 0.15) is 5.75 Å². The zero-order chi connectivity index (χ0) is 18.6. The molecule has 2 heterocycles. The Kier molecular flexibility index (Phi) is 4.93. The van der Waals surface area contributed by atoms with Crippen LogP contribution in [-0.2, 0) is 4.79 Å². The standard InChI is InChI=1S/C20H18N2O4S/c1-24-16-5-3-2-4-14(16)15(11-19(23)22-20-21-8-9-27-20)13-6-7-17-18(10-13)26-12-25-17/h2-10,15H,11-12H2,1H3,(H,21,22,23)/t15-/m1/s1. The molecule has 138 valence electrons. The summed E-state index contributed by atoms with van der Waals surface area (Å²) >= 11 is 1.39. The monoisotopic (exact) mass is 382 g/mol. The Hall–Kier alpha value is -3.06. The van der Waals surface area contributed by atoms with E-state index < -0.39 is 0 Å². The van der Waals surface area contributed by atoms with E-state index in [1.165, 1.54) is 11.3 Å². The first-order valence-corrected chi connectivity index (χ1v) is 9.34. The normalized spacial score (nSPS) is 13.2. The van der Waals surface area contributed by atoms with Crippen LogP contribution in [0.25, 0.3) is 0 Å². The van der Waals surface area contributed by atoms with Gasteiger partial charge < -0.3 is 19.5 Å². The number of benzene rings is 2. The molecular weight excluding hydrogens is 364 g/mol. The Morgan fingerprint density at radius 2 is 2.11 bits per heavy atom. The molecule has 0 unspecified atom stereocenters.